The number of hydrogen-bond acceptors (Lipinski definition) is 3. The molecule has 0 unspecified atom stereocenters. The molecule has 0 aliphatic carbocycles. The number of aryl methyl sites for hydroxylation is 2. The molecular formula is C18H24N2O2. The van der Waals surface area contributed by atoms with Gasteiger partial charge < -0.3 is 14.6 Å². The number of carbonyl (C=O) groups excluding carboxylic acids is 1. The molecule has 1 N–H and O–H groups in total. The van der Waals surface area contributed by atoms with Gasteiger partial charge in [-0.05, 0) is 45.4 Å². The quantitative estimate of drug-likeness (QED) is 0.795. The molecule has 0 saturated heterocycles. The molecule has 1 heterocycles. The molecule has 0 saturated carbocycles. The van der Waals surface area contributed by atoms with Crippen LogP contribution in [0.2, 0.25) is 0 Å². The number of para-hydroxylation sites is 1. The van der Waals surface area contributed by atoms with Crippen molar-refractivity contribution in [3.05, 3.63) is 53.5 Å². The number of anilines is 1. The summed E-state index contributed by atoms with van der Waals surface area (Å²) in [6.07, 6.45) is 0.907. The standard InChI is InChI=1S/C18H24N2O2/c1-4-20(16-9-6-5-7-10-16)12-8-11-19-18(21)17-13-14(2)22-15(17)3/h5-7,9-10,13H,4,8,11-12H2,1-3H3,(H,19,21). The van der Waals surface area contributed by atoms with Crippen molar-refractivity contribution in [2.45, 2.75) is 27.2 Å². The topological polar surface area (TPSA) is 45.5 Å². The molecule has 0 aliphatic rings. The molecule has 0 spiro atoms. The van der Waals surface area contributed by atoms with Crippen LogP contribution in [-0.4, -0.2) is 25.5 Å². The molecule has 22 heavy (non-hydrogen) atoms. The molecule has 0 radical (unpaired) electrons. The lowest BCUT2D eigenvalue weighted by atomic mass is 10.2. The molecule has 4 heteroatoms. The molecule has 1 aromatic carbocycles. The van der Waals surface area contributed by atoms with E-state index in [0.717, 1.165) is 25.3 Å². The Morgan fingerprint density at radius 2 is 1.95 bits per heavy atom. The van der Waals surface area contributed by atoms with Crippen LogP contribution in [0.25, 0.3) is 0 Å². The first-order valence-corrected chi connectivity index (χ1v) is 7.77. The zero-order valence-corrected chi connectivity index (χ0v) is 13.6. The number of rotatable bonds is 7. The summed E-state index contributed by atoms with van der Waals surface area (Å²) in [6.45, 7) is 8.34. The minimum absolute atomic E-state index is 0.0582. The predicted molar refractivity (Wildman–Crippen MR) is 89.5 cm³/mol. The zero-order valence-electron chi connectivity index (χ0n) is 13.6. The van der Waals surface area contributed by atoms with Crippen LogP contribution in [-0.2, 0) is 0 Å². The average molecular weight is 300 g/mol. The molecule has 0 atom stereocenters. The van der Waals surface area contributed by atoms with E-state index in [1.807, 2.05) is 32.0 Å². The predicted octanol–water partition coefficient (Wildman–Crippen LogP) is 3.54. The molecule has 1 amide bonds. The number of furan rings is 1. The van der Waals surface area contributed by atoms with Gasteiger partial charge in [-0.1, -0.05) is 18.2 Å². The van der Waals surface area contributed by atoms with Gasteiger partial charge in [-0.3, -0.25) is 4.79 Å². The summed E-state index contributed by atoms with van der Waals surface area (Å²) in [5.74, 6) is 1.38. The van der Waals surface area contributed by atoms with Crippen LogP contribution in [0, 0.1) is 13.8 Å². The van der Waals surface area contributed by atoms with Crippen molar-refractivity contribution >= 4 is 11.6 Å². The molecule has 2 rings (SSSR count). The van der Waals surface area contributed by atoms with Crippen molar-refractivity contribution in [2.24, 2.45) is 0 Å². The first kappa shape index (κ1) is 16.1. The SMILES string of the molecule is CCN(CCCNC(=O)c1cc(C)oc1C)c1ccccc1. The van der Waals surface area contributed by atoms with E-state index in [1.165, 1.54) is 5.69 Å². The highest BCUT2D eigenvalue weighted by molar-refractivity contribution is 5.95. The largest absolute Gasteiger partial charge is 0.466 e. The fourth-order valence-electron chi connectivity index (χ4n) is 2.53. The van der Waals surface area contributed by atoms with Crippen LogP contribution in [0.3, 0.4) is 0 Å². The van der Waals surface area contributed by atoms with E-state index in [0.29, 0.717) is 17.9 Å². The summed E-state index contributed by atoms with van der Waals surface area (Å²) >= 11 is 0. The third kappa shape index (κ3) is 4.13. The maximum absolute atomic E-state index is 12.1. The highest BCUT2D eigenvalue weighted by Gasteiger charge is 2.12. The number of hydrogen-bond donors (Lipinski definition) is 1. The Balaban J connectivity index is 1.79. The Labute approximate surface area is 132 Å². The summed E-state index contributed by atoms with van der Waals surface area (Å²) in [5.41, 5.74) is 1.85. The van der Waals surface area contributed by atoms with E-state index in [9.17, 15) is 4.79 Å². The number of nitrogens with one attached hydrogen (secondary N) is 1. The number of amides is 1. The Morgan fingerprint density at radius 1 is 1.23 bits per heavy atom. The van der Waals surface area contributed by atoms with Gasteiger partial charge >= 0.3 is 0 Å². The van der Waals surface area contributed by atoms with Crippen LogP contribution in [0.4, 0.5) is 5.69 Å². The van der Waals surface area contributed by atoms with Crippen LogP contribution in [0.1, 0.15) is 35.2 Å². The third-order valence-electron chi connectivity index (χ3n) is 3.68. The lowest BCUT2D eigenvalue weighted by Crippen LogP contribution is -2.30. The Morgan fingerprint density at radius 3 is 2.55 bits per heavy atom. The fourth-order valence-corrected chi connectivity index (χ4v) is 2.53. The fraction of sp³-hybridized carbons (Fsp3) is 0.389. The lowest BCUT2D eigenvalue weighted by molar-refractivity contribution is 0.0952. The van der Waals surface area contributed by atoms with Gasteiger partial charge in [0.05, 0.1) is 5.56 Å². The van der Waals surface area contributed by atoms with E-state index in [1.54, 1.807) is 6.07 Å². The first-order chi connectivity index (χ1) is 10.6. The maximum atomic E-state index is 12.1. The van der Waals surface area contributed by atoms with Gasteiger partial charge in [-0.25, -0.2) is 0 Å². The highest BCUT2D eigenvalue weighted by atomic mass is 16.3. The second-order valence-electron chi connectivity index (χ2n) is 5.35. The third-order valence-corrected chi connectivity index (χ3v) is 3.68. The Hall–Kier alpha value is -2.23. The van der Waals surface area contributed by atoms with Crippen LogP contribution in [0.5, 0.6) is 0 Å². The van der Waals surface area contributed by atoms with Crippen molar-refractivity contribution in [3.8, 4) is 0 Å². The van der Waals surface area contributed by atoms with Gasteiger partial charge in [0, 0.05) is 25.3 Å². The second kappa shape index (κ2) is 7.69. The summed E-state index contributed by atoms with van der Waals surface area (Å²) in [6, 6.07) is 12.1. The average Bonchev–Trinajstić information content (AvgIpc) is 2.87. The van der Waals surface area contributed by atoms with Crippen molar-refractivity contribution in [2.75, 3.05) is 24.5 Å². The lowest BCUT2D eigenvalue weighted by Gasteiger charge is -2.23. The normalized spacial score (nSPS) is 10.5. The maximum Gasteiger partial charge on any atom is 0.254 e. The van der Waals surface area contributed by atoms with E-state index in [2.05, 4.69) is 29.3 Å². The van der Waals surface area contributed by atoms with E-state index < -0.39 is 0 Å². The zero-order chi connectivity index (χ0) is 15.9. The molecule has 2 aromatic rings. The van der Waals surface area contributed by atoms with Gasteiger partial charge in [0.15, 0.2) is 0 Å². The number of benzene rings is 1. The smallest absolute Gasteiger partial charge is 0.254 e. The van der Waals surface area contributed by atoms with Crippen molar-refractivity contribution in [3.63, 3.8) is 0 Å². The van der Waals surface area contributed by atoms with E-state index >= 15 is 0 Å². The van der Waals surface area contributed by atoms with Gasteiger partial charge in [0.25, 0.3) is 5.91 Å². The second-order valence-corrected chi connectivity index (χ2v) is 5.35. The molecule has 0 bridgehead atoms. The molecule has 1 aromatic heterocycles. The van der Waals surface area contributed by atoms with Gasteiger partial charge in [-0.2, -0.15) is 0 Å². The molecule has 0 fully saturated rings. The summed E-state index contributed by atoms with van der Waals surface area (Å²) in [4.78, 5) is 14.4. The minimum Gasteiger partial charge on any atom is -0.466 e. The monoisotopic (exact) mass is 300 g/mol. The first-order valence-electron chi connectivity index (χ1n) is 7.77. The Kier molecular flexibility index (Phi) is 5.64. The van der Waals surface area contributed by atoms with Gasteiger partial charge in [0.1, 0.15) is 11.5 Å². The molecular weight excluding hydrogens is 276 g/mol. The molecule has 4 nitrogen and oxygen atoms in total. The van der Waals surface area contributed by atoms with Crippen molar-refractivity contribution < 1.29 is 9.21 Å². The highest BCUT2D eigenvalue weighted by Crippen LogP contribution is 2.14. The van der Waals surface area contributed by atoms with Crippen LogP contribution >= 0.6 is 0 Å². The number of nitrogens with zero attached hydrogens (tertiary/aromatic N) is 1. The van der Waals surface area contributed by atoms with Gasteiger partial charge in [-0.15, -0.1) is 0 Å². The minimum atomic E-state index is -0.0582. The summed E-state index contributed by atoms with van der Waals surface area (Å²) in [7, 11) is 0. The van der Waals surface area contributed by atoms with E-state index in [-0.39, 0.29) is 5.91 Å². The van der Waals surface area contributed by atoms with Gasteiger partial charge in [0.2, 0.25) is 0 Å². The van der Waals surface area contributed by atoms with Crippen molar-refractivity contribution in [1.29, 1.82) is 0 Å². The molecule has 0 aliphatic heterocycles. The Bertz CT molecular complexity index is 605. The van der Waals surface area contributed by atoms with Crippen LogP contribution < -0.4 is 10.2 Å². The van der Waals surface area contributed by atoms with Crippen LogP contribution in [0.15, 0.2) is 40.8 Å². The van der Waals surface area contributed by atoms with Crippen molar-refractivity contribution in [1.82, 2.24) is 5.32 Å². The summed E-state index contributed by atoms with van der Waals surface area (Å²) in [5, 5.41) is 2.96. The van der Waals surface area contributed by atoms with E-state index in [4.69, 9.17) is 4.42 Å². The summed E-state index contributed by atoms with van der Waals surface area (Å²) < 4.78 is 5.39. The number of carbonyl (C=O) groups is 1. The molecule has 118 valence electrons.